The molecular formula is C18H18N2O5. The van der Waals surface area contributed by atoms with E-state index in [2.05, 4.69) is 10.6 Å². The average molecular weight is 342 g/mol. The minimum absolute atomic E-state index is 0.156. The fourth-order valence-corrected chi connectivity index (χ4v) is 2.79. The van der Waals surface area contributed by atoms with E-state index in [4.69, 9.17) is 9.47 Å². The predicted octanol–water partition coefficient (Wildman–Crippen LogP) is 2.18. The number of fused-ring (bicyclic) bond motifs is 1. The van der Waals surface area contributed by atoms with Gasteiger partial charge in [-0.05, 0) is 35.4 Å². The summed E-state index contributed by atoms with van der Waals surface area (Å²) in [7, 11) is 3.00. The van der Waals surface area contributed by atoms with Crippen LogP contribution in [0.1, 0.15) is 27.5 Å². The lowest BCUT2D eigenvalue weighted by atomic mass is 10.0. The molecule has 1 aliphatic heterocycles. The van der Waals surface area contributed by atoms with Crippen molar-refractivity contribution in [2.75, 3.05) is 19.5 Å². The molecule has 3 N–H and O–H groups in total. The molecule has 0 aliphatic carbocycles. The first-order chi connectivity index (χ1) is 12.0. The highest BCUT2D eigenvalue weighted by molar-refractivity contribution is 5.99. The van der Waals surface area contributed by atoms with E-state index < -0.39 is 12.0 Å². The van der Waals surface area contributed by atoms with Crippen LogP contribution in [0.2, 0.25) is 0 Å². The third-order valence-electron chi connectivity index (χ3n) is 4.09. The molecule has 1 atom stereocenters. The Morgan fingerprint density at radius 1 is 1.16 bits per heavy atom. The van der Waals surface area contributed by atoms with E-state index in [0.717, 1.165) is 5.56 Å². The number of methoxy groups -OCH3 is 2. The zero-order valence-electron chi connectivity index (χ0n) is 13.8. The number of rotatable bonds is 6. The Kier molecular flexibility index (Phi) is 4.47. The van der Waals surface area contributed by atoms with E-state index in [-0.39, 0.29) is 5.91 Å². The Bertz CT molecular complexity index is 834. The molecule has 0 radical (unpaired) electrons. The summed E-state index contributed by atoms with van der Waals surface area (Å²) in [6.45, 7) is 0.493. The monoisotopic (exact) mass is 342 g/mol. The fourth-order valence-electron chi connectivity index (χ4n) is 2.79. The number of nitrogens with one attached hydrogen (secondary N) is 2. The molecule has 0 bridgehead atoms. The van der Waals surface area contributed by atoms with Crippen LogP contribution in [0.5, 0.6) is 11.5 Å². The lowest BCUT2D eigenvalue weighted by Gasteiger charge is -2.18. The van der Waals surface area contributed by atoms with E-state index >= 15 is 0 Å². The Labute approximate surface area is 144 Å². The van der Waals surface area contributed by atoms with Gasteiger partial charge >= 0.3 is 5.97 Å². The van der Waals surface area contributed by atoms with Gasteiger partial charge in [-0.25, -0.2) is 4.79 Å². The predicted molar refractivity (Wildman–Crippen MR) is 91.2 cm³/mol. The number of carbonyl (C=O) groups excluding carboxylic acids is 1. The van der Waals surface area contributed by atoms with Crippen LogP contribution in [-0.2, 0) is 11.3 Å². The molecule has 2 aromatic carbocycles. The molecule has 130 valence electrons. The zero-order valence-corrected chi connectivity index (χ0v) is 13.8. The van der Waals surface area contributed by atoms with Gasteiger partial charge in [0.2, 0.25) is 0 Å². The van der Waals surface area contributed by atoms with Gasteiger partial charge in [0, 0.05) is 17.8 Å². The van der Waals surface area contributed by atoms with Gasteiger partial charge in [-0.1, -0.05) is 12.1 Å². The smallest absolute Gasteiger partial charge is 0.330 e. The first-order valence-corrected chi connectivity index (χ1v) is 7.66. The molecule has 0 saturated heterocycles. The van der Waals surface area contributed by atoms with Gasteiger partial charge in [0.05, 0.1) is 14.2 Å². The quantitative estimate of drug-likeness (QED) is 0.744. The first-order valence-electron chi connectivity index (χ1n) is 7.66. The Morgan fingerprint density at radius 3 is 2.60 bits per heavy atom. The van der Waals surface area contributed by atoms with Crippen LogP contribution < -0.4 is 20.1 Å². The van der Waals surface area contributed by atoms with Crippen molar-refractivity contribution >= 4 is 17.6 Å². The van der Waals surface area contributed by atoms with Crippen molar-refractivity contribution in [2.24, 2.45) is 0 Å². The minimum atomic E-state index is -1.04. The number of carboxylic acids is 1. The minimum Gasteiger partial charge on any atom is -0.493 e. The number of carboxylic acid groups (broad SMARTS) is 1. The van der Waals surface area contributed by atoms with Gasteiger partial charge in [-0.15, -0.1) is 0 Å². The number of amides is 1. The van der Waals surface area contributed by atoms with E-state index in [9.17, 15) is 14.7 Å². The van der Waals surface area contributed by atoms with Gasteiger partial charge in [-0.3, -0.25) is 4.79 Å². The molecule has 1 heterocycles. The van der Waals surface area contributed by atoms with Crippen molar-refractivity contribution in [3.05, 3.63) is 53.1 Å². The van der Waals surface area contributed by atoms with Gasteiger partial charge in [0.25, 0.3) is 5.91 Å². The van der Waals surface area contributed by atoms with Gasteiger partial charge in [0.15, 0.2) is 17.5 Å². The number of ether oxygens (including phenoxy) is 2. The summed E-state index contributed by atoms with van der Waals surface area (Å²) in [6.07, 6.45) is 0. The molecule has 3 rings (SSSR count). The number of carbonyl (C=O) groups is 2. The molecule has 0 spiro atoms. The molecule has 1 amide bonds. The molecule has 1 aliphatic rings. The number of hydrogen-bond donors (Lipinski definition) is 3. The highest BCUT2D eigenvalue weighted by atomic mass is 16.5. The van der Waals surface area contributed by atoms with Crippen molar-refractivity contribution in [1.29, 1.82) is 0 Å². The molecule has 0 saturated carbocycles. The number of aliphatic carboxylic acids is 1. The molecular weight excluding hydrogens is 324 g/mol. The highest BCUT2D eigenvalue weighted by Gasteiger charge is 2.23. The number of benzene rings is 2. The SMILES string of the molecule is COc1ccc(C(Nc2ccc3c(c2)C(=O)NC3)C(=O)O)cc1OC. The van der Waals surface area contributed by atoms with Gasteiger partial charge in [-0.2, -0.15) is 0 Å². The number of anilines is 1. The molecule has 7 heteroatoms. The van der Waals surface area contributed by atoms with Crippen LogP contribution >= 0.6 is 0 Å². The first kappa shape index (κ1) is 16.6. The van der Waals surface area contributed by atoms with Crippen molar-refractivity contribution in [1.82, 2.24) is 5.32 Å². The standard InChI is InChI=1S/C18H18N2O5/c1-24-14-6-4-10(7-15(14)25-2)16(18(22)23)20-12-5-3-11-9-19-17(21)13(11)8-12/h3-8,16,20H,9H2,1-2H3,(H,19,21)(H,22,23). The molecule has 25 heavy (non-hydrogen) atoms. The average Bonchev–Trinajstić information content (AvgIpc) is 2.99. The van der Waals surface area contributed by atoms with E-state index in [1.165, 1.54) is 14.2 Å². The lowest BCUT2D eigenvalue weighted by Crippen LogP contribution is -2.21. The zero-order chi connectivity index (χ0) is 18.0. The topological polar surface area (TPSA) is 96.9 Å². The molecule has 0 aromatic heterocycles. The summed E-state index contributed by atoms with van der Waals surface area (Å²) in [5.74, 6) is -0.236. The van der Waals surface area contributed by atoms with Crippen LogP contribution in [0.4, 0.5) is 5.69 Å². The molecule has 2 aromatic rings. The Hall–Kier alpha value is -3.22. The second kappa shape index (κ2) is 6.72. The van der Waals surface area contributed by atoms with Crippen molar-refractivity contribution in [3.8, 4) is 11.5 Å². The Balaban J connectivity index is 1.91. The van der Waals surface area contributed by atoms with E-state index in [1.807, 2.05) is 6.07 Å². The second-order valence-electron chi connectivity index (χ2n) is 5.58. The normalized spacial score (nSPS) is 13.6. The maximum Gasteiger partial charge on any atom is 0.330 e. The Morgan fingerprint density at radius 2 is 1.92 bits per heavy atom. The summed E-state index contributed by atoms with van der Waals surface area (Å²) < 4.78 is 10.4. The van der Waals surface area contributed by atoms with Crippen LogP contribution in [0.25, 0.3) is 0 Å². The van der Waals surface area contributed by atoms with Crippen molar-refractivity contribution in [3.63, 3.8) is 0 Å². The highest BCUT2D eigenvalue weighted by Crippen LogP contribution is 2.32. The second-order valence-corrected chi connectivity index (χ2v) is 5.58. The number of hydrogen-bond acceptors (Lipinski definition) is 5. The third-order valence-corrected chi connectivity index (χ3v) is 4.09. The summed E-state index contributed by atoms with van der Waals surface area (Å²) >= 11 is 0. The molecule has 0 fully saturated rings. The fraction of sp³-hybridized carbons (Fsp3) is 0.222. The molecule has 7 nitrogen and oxygen atoms in total. The third kappa shape index (κ3) is 3.21. The maximum atomic E-state index is 11.8. The summed E-state index contributed by atoms with van der Waals surface area (Å²) in [4.78, 5) is 23.5. The van der Waals surface area contributed by atoms with E-state index in [0.29, 0.717) is 34.9 Å². The van der Waals surface area contributed by atoms with Crippen LogP contribution in [-0.4, -0.2) is 31.2 Å². The van der Waals surface area contributed by atoms with Crippen LogP contribution in [0, 0.1) is 0 Å². The maximum absolute atomic E-state index is 11.8. The summed E-state index contributed by atoms with van der Waals surface area (Å²) in [5.41, 5.74) is 2.52. The van der Waals surface area contributed by atoms with Crippen LogP contribution in [0.15, 0.2) is 36.4 Å². The van der Waals surface area contributed by atoms with E-state index in [1.54, 1.807) is 30.3 Å². The largest absolute Gasteiger partial charge is 0.493 e. The summed E-state index contributed by atoms with van der Waals surface area (Å²) in [6, 6.07) is 9.16. The van der Waals surface area contributed by atoms with Crippen molar-refractivity contribution < 1.29 is 24.2 Å². The summed E-state index contributed by atoms with van der Waals surface area (Å²) in [5, 5.41) is 15.3. The van der Waals surface area contributed by atoms with Crippen LogP contribution in [0.3, 0.4) is 0 Å². The van der Waals surface area contributed by atoms with Crippen molar-refractivity contribution in [2.45, 2.75) is 12.6 Å². The molecule has 1 unspecified atom stereocenters. The lowest BCUT2D eigenvalue weighted by molar-refractivity contribution is -0.138. The van der Waals surface area contributed by atoms with Gasteiger partial charge < -0.3 is 25.2 Å². The van der Waals surface area contributed by atoms with Gasteiger partial charge in [0.1, 0.15) is 0 Å².